The molecular formula is C36H39ClN4O3S. The number of nitrogens with one attached hydrogen (secondary N) is 3. The van der Waals surface area contributed by atoms with Gasteiger partial charge in [-0.1, -0.05) is 60.1 Å². The Morgan fingerprint density at radius 1 is 0.933 bits per heavy atom. The van der Waals surface area contributed by atoms with Crippen LogP contribution in [0.3, 0.4) is 0 Å². The molecule has 234 valence electrons. The zero-order valence-corrected chi connectivity index (χ0v) is 27.7. The van der Waals surface area contributed by atoms with Gasteiger partial charge in [0, 0.05) is 46.2 Å². The average molecular weight is 643 g/mol. The van der Waals surface area contributed by atoms with Gasteiger partial charge in [-0.05, 0) is 99.0 Å². The summed E-state index contributed by atoms with van der Waals surface area (Å²) >= 11 is 7.57. The van der Waals surface area contributed by atoms with Crippen LogP contribution in [-0.4, -0.2) is 40.3 Å². The van der Waals surface area contributed by atoms with Crippen LogP contribution in [0.4, 0.5) is 0 Å². The summed E-state index contributed by atoms with van der Waals surface area (Å²) in [5, 5.41) is 4.79. The summed E-state index contributed by atoms with van der Waals surface area (Å²) < 4.78 is 11.1. The third-order valence-electron chi connectivity index (χ3n) is 7.95. The van der Waals surface area contributed by atoms with Gasteiger partial charge in [0.2, 0.25) is 0 Å². The number of carbonyl (C=O) groups is 2. The van der Waals surface area contributed by atoms with Crippen LogP contribution in [0.2, 0.25) is 5.02 Å². The Bertz CT molecular complexity index is 1790. The maximum Gasteiger partial charge on any atom is 0.277 e. The number of ether oxygens (including phenoxy) is 1. The highest BCUT2D eigenvalue weighted by atomic mass is 35.5. The van der Waals surface area contributed by atoms with Crippen LogP contribution in [-0.2, 0) is 13.0 Å². The van der Waals surface area contributed by atoms with E-state index in [1.807, 2.05) is 88.4 Å². The highest BCUT2D eigenvalue weighted by molar-refractivity contribution is 7.97. The van der Waals surface area contributed by atoms with Gasteiger partial charge in [0.25, 0.3) is 11.8 Å². The van der Waals surface area contributed by atoms with Gasteiger partial charge in [-0.3, -0.25) is 14.3 Å². The number of amides is 2. The van der Waals surface area contributed by atoms with Gasteiger partial charge in [-0.25, -0.2) is 0 Å². The Morgan fingerprint density at radius 3 is 2.40 bits per heavy atom. The molecule has 2 aromatic heterocycles. The van der Waals surface area contributed by atoms with Crippen molar-refractivity contribution in [3.63, 3.8) is 0 Å². The molecule has 7 nitrogen and oxygen atoms in total. The van der Waals surface area contributed by atoms with Gasteiger partial charge in [0.15, 0.2) is 0 Å². The molecule has 0 unspecified atom stereocenters. The van der Waals surface area contributed by atoms with E-state index < -0.39 is 0 Å². The Labute approximate surface area is 273 Å². The largest absolute Gasteiger partial charge is 0.494 e. The van der Waals surface area contributed by atoms with E-state index in [0.29, 0.717) is 36.6 Å². The first-order valence-electron chi connectivity index (χ1n) is 15.1. The van der Waals surface area contributed by atoms with E-state index in [1.165, 1.54) is 17.5 Å². The smallest absolute Gasteiger partial charge is 0.277 e. The molecule has 0 saturated heterocycles. The van der Waals surface area contributed by atoms with Gasteiger partial charge in [0.1, 0.15) is 11.4 Å². The summed E-state index contributed by atoms with van der Waals surface area (Å²) in [4.78, 5) is 29.5. The van der Waals surface area contributed by atoms with E-state index in [9.17, 15) is 9.59 Å². The zero-order valence-electron chi connectivity index (χ0n) is 26.1. The Kier molecular flexibility index (Phi) is 10.6. The lowest BCUT2D eigenvalue weighted by molar-refractivity contribution is 0.0954. The molecule has 0 bridgehead atoms. The fourth-order valence-corrected chi connectivity index (χ4v) is 6.25. The first kappa shape index (κ1) is 32.3. The van der Waals surface area contributed by atoms with Gasteiger partial charge in [-0.15, -0.1) is 0 Å². The first-order valence-corrected chi connectivity index (χ1v) is 16.5. The molecule has 0 aliphatic rings. The number of para-hydroxylation sites is 1. The van der Waals surface area contributed by atoms with E-state index >= 15 is 0 Å². The number of fused-ring (bicyclic) bond motifs is 1. The van der Waals surface area contributed by atoms with Crippen molar-refractivity contribution in [1.29, 1.82) is 0 Å². The van der Waals surface area contributed by atoms with Crippen molar-refractivity contribution in [3.8, 4) is 5.75 Å². The standard InChI is InChI=1S/C36H39ClN4O3S/c1-23-19-28(20-24(2)33(23)37)44-17-10-14-30-29-13-8-9-15-32(29)39-34(30)36(43)40-45-18-16-38-35(42)31-21-25(3)41(26(31)4)22-27-11-6-5-7-12-27/h5-9,11-13,15,19-21,39H,10,14,16-18,22H2,1-4H3,(H,38,42)(H,40,43). The van der Waals surface area contributed by atoms with Gasteiger partial charge in [0.05, 0.1) is 12.2 Å². The van der Waals surface area contributed by atoms with Crippen LogP contribution < -0.4 is 14.8 Å². The number of hydrogen-bond acceptors (Lipinski definition) is 4. The minimum absolute atomic E-state index is 0.113. The molecule has 0 radical (unpaired) electrons. The third-order valence-corrected chi connectivity index (χ3v) is 9.28. The summed E-state index contributed by atoms with van der Waals surface area (Å²) in [5.74, 6) is 1.03. The third kappa shape index (κ3) is 7.75. The summed E-state index contributed by atoms with van der Waals surface area (Å²) in [5.41, 5.74) is 8.25. The summed E-state index contributed by atoms with van der Waals surface area (Å²) in [7, 11) is 0. The SMILES string of the molecule is Cc1cc(OCCCc2c(C(=O)NSCCNC(=O)c3cc(C)n(Cc4ccccc4)c3C)[nH]c3ccccc23)cc(C)c1Cl. The molecule has 3 N–H and O–H groups in total. The van der Waals surface area contributed by atoms with Crippen molar-refractivity contribution < 1.29 is 14.3 Å². The number of benzene rings is 3. The molecule has 0 atom stereocenters. The Balaban J connectivity index is 1.12. The topological polar surface area (TPSA) is 88.2 Å². The number of rotatable bonds is 13. The van der Waals surface area contributed by atoms with Crippen LogP contribution in [0.25, 0.3) is 10.9 Å². The lowest BCUT2D eigenvalue weighted by atomic mass is 10.1. The van der Waals surface area contributed by atoms with Crippen LogP contribution in [0.1, 0.15) is 60.9 Å². The second-order valence-corrected chi connectivity index (χ2v) is 12.5. The minimum atomic E-state index is -0.188. The quantitative estimate of drug-likeness (QED) is 0.0906. The molecular weight excluding hydrogens is 604 g/mol. The second kappa shape index (κ2) is 14.8. The minimum Gasteiger partial charge on any atom is -0.494 e. The molecule has 0 aliphatic carbocycles. The molecule has 5 aromatic rings. The van der Waals surface area contributed by atoms with Crippen LogP contribution in [0.15, 0.2) is 72.8 Å². The lowest BCUT2D eigenvalue weighted by Crippen LogP contribution is -2.28. The number of aryl methyl sites for hydroxylation is 4. The number of carbonyl (C=O) groups excluding carboxylic acids is 2. The summed E-state index contributed by atoms with van der Waals surface area (Å²) in [6.45, 7) is 9.60. The van der Waals surface area contributed by atoms with Crippen molar-refractivity contribution in [3.05, 3.63) is 123 Å². The normalized spacial score (nSPS) is 11.1. The van der Waals surface area contributed by atoms with E-state index in [4.69, 9.17) is 16.3 Å². The van der Waals surface area contributed by atoms with Crippen LogP contribution in [0, 0.1) is 27.7 Å². The van der Waals surface area contributed by atoms with E-state index in [-0.39, 0.29) is 11.8 Å². The predicted molar refractivity (Wildman–Crippen MR) is 185 cm³/mol. The number of halogens is 1. The van der Waals surface area contributed by atoms with E-state index in [0.717, 1.165) is 62.7 Å². The Hall–Kier alpha value is -4.14. The van der Waals surface area contributed by atoms with Crippen molar-refractivity contribution >= 4 is 46.3 Å². The Morgan fingerprint density at radius 2 is 1.64 bits per heavy atom. The number of aromatic nitrogens is 2. The highest BCUT2D eigenvalue weighted by Gasteiger charge is 2.19. The van der Waals surface area contributed by atoms with Gasteiger partial charge >= 0.3 is 0 Å². The number of hydrogen-bond donors (Lipinski definition) is 3. The maximum atomic E-state index is 13.3. The molecule has 5 rings (SSSR count). The maximum absolute atomic E-state index is 13.3. The molecule has 9 heteroatoms. The van der Waals surface area contributed by atoms with E-state index in [1.54, 1.807) is 0 Å². The van der Waals surface area contributed by atoms with Crippen molar-refractivity contribution in [2.45, 2.75) is 47.1 Å². The molecule has 0 spiro atoms. The number of H-pyrrole nitrogens is 1. The zero-order chi connectivity index (χ0) is 31.9. The first-order chi connectivity index (χ1) is 21.7. The molecule has 0 fully saturated rings. The lowest BCUT2D eigenvalue weighted by Gasteiger charge is -2.11. The molecule has 0 aliphatic heterocycles. The van der Waals surface area contributed by atoms with Gasteiger partial charge < -0.3 is 19.6 Å². The second-order valence-electron chi connectivity index (χ2n) is 11.2. The van der Waals surface area contributed by atoms with Crippen LogP contribution >= 0.6 is 23.5 Å². The van der Waals surface area contributed by atoms with Crippen LogP contribution in [0.5, 0.6) is 5.75 Å². The average Bonchev–Trinajstić information content (AvgIpc) is 3.54. The molecule has 2 amide bonds. The van der Waals surface area contributed by atoms with Gasteiger partial charge in [-0.2, -0.15) is 0 Å². The van der Waals surface area contributed by atoms with Crippen molar-refractivity contribution in [2.75, 3.05) is 18.9 Å². The highest BCUT2D eigenvalue weighted by Crippen LogP contribution is 2.27. The van der Waals surface area contributed by atoms with Crippen molar-refractivity contribution in [1.82, 2.24) is 19.6 Å². The molecule has 2 heterocycles. The van der Waals surface area contributed by atoms with E-state index in [2.05, 4.69) is 31.7 Å². The fraction of sp³-hybridized carbons (Fsp3) is 0.278. The summed E-state index contributed by atoms with van der Waals surface area (Å²) in [6.07, 6.45) is 1.43. The predicted octanol–water partition coefficient (Wildman–Crippen LogP) is 7.72. The summed E-state index contributed by atoms with van der Waals surface area (Å²) in [6, 6.07) is 24.0. The fourth-order valence-electron chi connectivity index (χ4n) is 5.60. The molecule has 3 aromatic carbocycles. The van der Waals surface area contributed by atoms with Crippen molar-refractivity contribution in [2.24, 2.45) is 0 Å². The number of aromatic amines is 1. The molecule has 45 heavy (non-hydrogen) atoms. The number of nitrogens with zero attached hydrogens (tertiary/aromatic N) is 1. The monoisotopic (exact) mass is 642 g/mol. The molecule has 0 saturated carbocycles.